The number of rotatable bonds is 2. The third-order valence-electron chi connectivity index (χ3n) is 1.33. The molecule has 1 aromatic rings. The van der Waals surface area contributed by atoms with E-state index < -0.39 is 0 Å². The van der Waals surface area contributed by atoms with Crippen molar-refractivity contribution in [2.75, 3.05) is 21.1 Å². The van der Waals surface area contributed by atoms with E-state index in [1.165, 1.54) is 11.1 Å². The first-order valence-corrected chi connectivity index (χ1v) is 6.65. The van der Waals surface area contributed by atoms with Crippen LogP contribution in [0, 0.1) is 0 Å². The zero-order valence-corrected chi connectivity index (χ0v) is 12.1. The average molecular weight is 323 g/mol. The van der Waals surface area contributed by atoms with E-state index in [0.29, 0.717) is 0 Å². The second-order valence-electron chi connectivity index (χ2n) is 3.43. The number of hydrogen-bond acceptors (Lipinski definition) is 1. The normalized spacial score (nSPS) is 9.57. The van der Waals surface area contributed by atoms with E-state index in [9.17, 15) is 0 Å². The SMILES string of the molecule is BrCc1ccc(CBr)cc1.CN(C)C. The summed E-state index contributed by atoms with van der Waals surface area (Å²) in [7, 11) is 6.00. The predicted molar refractivity (Wildman–Crippen MR) is 71.3 cm³/mol. The van der Waals surface area contributed by atoms with Gasteiger partial charge in [-0.05, 0) is 32.3 Å². The van der Waals surface area contributed by atoms with Crippen molar-refractivity contribution in [1.82, 2.24) is 4.90 Å². The van der Waals surface area contributed by atoms with Gasteiger partial charge in [-0.15, -0.1) is 0 Å². The minimum Gasteiger partial charge on any atom is -0.312 e. The van der Waals surface area contributed by atoms with Crippen LogP contribution in [0.1, 0.15) is 11.1 Å². The molecule has 80 valence electrons. The van der Waals surface area contributed by atoms with E-state index in [2.05, 4.69) is 56.1 Å². The van der Waals surface area contributed by atoms with Crippen LogP contribution in [0.2, 0.25) is 0 Å². The van der Waals surface area contributed by atoms with E-state index in [1.54, 1.807) is 0 Å². The van der Waals surface area contributed by atoms with Crippen LogP contribution in [-0.4, -0.2) is 26.0 Å². The highest BCUT2D eigenvalue weighted by molar-refractivity contribution is 9.08. The molecule has 0 saturated carbocycles. The van der Waals surface area contributed by atoms with Crippen LogP contribution in [0.5, 0.6) is 0 Å². The van der Waals surface area contributed by atoms with Gasteiger partial charge in [-0.2, -0.15) is 0 Å². The summed E-state index contributed by atoms with van der Waals surface area (Å²) in [5.41, 5.74) is 2.65. The fourth-order valence-corrected chi connectivity index (χ4v) is 1.47. The van der Waals surface area contributed by atoms with Crippen molar-refractivity contribution in [3.63, 3.8) is 0 Å². The molecule has 0 spiro atoms. The van der Waals surface area contributed by atoms with Crippen molar-refractivity contribution in [3.05, 3.63) is 35.4 Å². The maximum absolute atomic E-state index is 3.39. The van der Waals surface area contributed by atoms with Crippen LogP contribution in [0.15, 0.2) is 24.3 Å². The summed E-state index contributed by atoms with van der Waals surface area (Å²) in [6.45, 7) is 0. The molecular formula is C11H17Br2N. The number of hydrogen-bond donors (Lipinski definition) is 0. The van der Waals surface area contributed by atoms with Crippen molar-refractivity contribution < 1.29 is 0 Å². The van der Waals surface area contributed by atoms with E-state index in [1.807, 2.05) is 26.0 Å². The minimum atomic E-state index is 0.940. The van der Waals surface area contributed by atoms with Gasteiger partial charge in [-0.25, -0.2) is 0 Å². The molecule has 0 bridgehead atoms. The fourth-order valence-electron chi connectivity index (χ4n) is 0.717. The quantitative estimate of drug-likeness (QED) is 0.751. The largest absolute Gasteiger partial charge is 0.312 e. The van der Waals surface area contributed by atoms with Gasteiger partial charge < -0.3 is 4.90 Å². The van der Waals surface area contributed by atoms with Crippen LogP contribution in [0.4, 0.5) is 0 Å². The highest BCUT2D eigenvalue weighted by atomic mass is 79.9. The summed E-state index contributed by atoms with van der Waals surface area (Å²) in [5, 5.41) is 1.88. The van der Waals surface area contributed by atoms with Crippen LogP contribution in [-0.2, 0) is 10.7 Å². The summed E-state index contributed by atoms with van der Waals surface area (Å²) >= 11 is 6.78. The summed E-state index contributed by atoms with van der Waals surface area (Å²) in [6, 6.07) is 8.52. The van der Waals surface area contributed by atoms with E-state index in [0.717, 1.165) is 10.7 Å². The molecule has 0 fully saturated rings. The maximum atomic E-state index is 3.39. The van der Waals surface area contributed by atoms with Gasteiger partial charge in [0.2, 0.25) is 0 Å². The van der Waals surface area contributed by atoms with Crippen molar-refractivity contribution in [2.45, 2.75) is 10.7 Å². The molecule has 0 unspecified atom stereocenters. The molecule has 0 aliphatic heterocycles. The lowest BCUT2D eigenvalue weighted by molar-refractivity contribution is 0.505. The second-order valence-corrected chi connectivity index (χ2v) is 4.55. The Bertz CT molecular complexity index is 206. The van der Waals surface area contributed by atoms with Crippen molar-refractivity contribution in [3.8, 4) is 0 Å². The maximum Gasteiger partial charge on any atom is 0.0283 e. The molecule has 14 heavy (non-hydrogen) atoms. The lowest BCUT2D eigenvalue weighted by atomic mass is 10.2. The Morgan fingerprint density at radius 2 is 1.07 bits per heavy atom. The molecule has 0 radical (unpaired) electrons. The average Bonchev–Trinajstić information content (AvgIpc) is 2.17. The Kier molecular flexibility index (Phi) is 8.53. The topological polar surface area (TPSA) is 3.24 Å². The fraction of sp³-hybridized carbons (Fsp3) is 0.455. The zero-order chi connectivity index (χ0) is 11.0. The molecule has 1 rings (SSSR count). The standard InChI is InChI=1S/C8H8Br2.C3H9N/c9-5-7-1-2-8(6-10)4-3-7;1-4(2)3/h1-4H,5-6H2;1-3H3. The number of alkyl halides is 2. The Morgan fingerprint density at radius 3 is 1.21 bits per heavy atom. The lowest BCUT2D eigenvalue weighted by Gasteiger charge is -1.96. The van der Waals surface area contributed by atoms with Gasteiger partial charge in [0, 0.05) is 10.7 Å². The summed E-state index contributed by atoms with van der Waals surface area (Å²) < 4.78 is 0. The highest BCUT2D eigenvalue weighted by Crippen LogP contribution is 2.09. The van der Waals surface area contributed by atoms with Gasteiger partial charge in [-0.1, -0.05) is 56.1 Å². The molecule has 0 amide bonds. The molecule has 0 aliphatic carbocycles. The highest BCUT2D eigenvalue weighted by Gasteiger charge is 1.89. The van der Waals surface area contributed by atoms with Gasteiger partial charge >= 0.3 is 0 Å². The monoisotopic (exact) mass is 321 g/mol. The Hall–Kier alpha value is 0.140. The summed E-state index contributed by atoms with van der Waals surface area (Å²) in [5.74, 6) is 0. The van der Waals surface area contributed by atoms with E-state index in [-0.39, 0.29) is 0 Å². The van der Waals surface area contributed by atoms with Gasteiger partial charge in [0.15, 0.2) is 0 Å². The molecule has 0 atom stereocenters. The van der Waals surface area contributed by atoms with Crippen LogP contribution < -0.4 is 0 Å². The second kappa shape index (κ2) is 8.45. The third kappa shape index (κ3) is 7.54. The Balaban J connectivity index is 0.000000364. The molecule has 1 nitrogen and oxygen atoms in total. The molecule has 0 saturated heterocycles. The third-order valence-corrected chi connectivity index (χ3v) is 2.63. The van der Waals surface area contributed by atoms with E-state index in [4.69, 9.17) is 0 Å². The first-order chi connectivity index (χ1) is 6.60. The Morgan fingerprint density at radius 1 is 0.857 bits per heavy atom. The van der Waals surface area contributed by atoms with Gasteiger partial charge in [0.25, 0.3) is 0 Å². The molecule has 3 heteroatoms. The summed E-state index contributed by atoms with van der Waals surface area (Å²) in [4.78, 5) is 2.00. The van der Waals surface area contributed by atoms with Crippen LogP contribution in [0.3, 0.4) is 0 Å². The number of halogens is 2. The van der Waals surface area contributed by atoms with Gasteiger partial charge in [0.1, 0.15) is 0 Å². The molecule has 0 aliphatic rings. The van der Waals surface area contributed by atoms with Gasteiger partial charge in [-0.3, -0.25) is 0 Å². The summed E-state index contributed by atoms with van der Waals surface area (Å²) in [6.07, 6.45) is 0. The van der Waals surface area contributed by atoms with Crippen molar-refractivity contribution >= 4 is 31.9 Å². The minimum absolute atomic E-state index is 0.940. The Labute approximate surface area is 104 Å². The van der Waals surface area contributed by atoms with Crippen molar-refractivity contribution in [1.29, 1.82) is 0 Å². The van der Waals surface area contributed by atoms with Crippen LogP contribution >= 0.6 is 31.9 Å². The van der Waals surface area contributed by atoms with E-state index >= 15 is 0 Å². The van der Waals surface area contributed by atoms with Crippen LogP contribution in [0.25, 0.3) is 0 Å². The van der Waals surface area contributed by atoms with Crippen molar-refractivity contribution in [2.24, 2.45) is 0 Å². The first-order valence-electron chi connectivity index (χ1n) is 4.40. The van der Waals surface area contributed by atoms with Gasteiger partial charge in [0.05, 0.1) is 0 Å². The molecule has 0 N–H and O–H groups in total. The molecular weight excluding hydrogens is 306 g/mol. The molecule has 1 aromatic carbocycles. The predicted octanol–water partition coefficient (Wildman–Crippen LogP) is 3.65. The lowest BCUT2D eigenvalue weighted by Crippen LogP contribution is -1.99. The molecule has 0 heterocycles. The first kappa shape index (κ1) is 14.1. The number of benzene rings is 1. The molecule has 0 aromatic heterocycles. The number of nitrogens with zero attached hydrogens (tertiary/aromatic N) is 1. The zero-order valence-electron chi connectivity index (χ0n) is 8.93. The smallest absolute Gasteiger partial charge is 0.0283 e.